The smallest absolute Gasteiger partial charge is 0.288 e. The number of furan rings is 1. The number of carbonyl (C=O) groups excluding carboxylic acids is 1. The Morgan fingerprint density at radius 2 is 2.47 bits per heavy atom. The summed E-state index contributed by atoms with van der Waals surface area (Å²) in [7, 11) is 0. The first-order valence-electron chi connectivity index (χ1n) is 4.69. The van der Waals surface area contributed by atoms with Gasteiger partial charge in [-0.1, -0.05) is 19.3 Å². The first kappa shape index (κ1) is 11.9. The van der Waals surface area contributed by atoms with E-state index in [1.54, 1.807) is 12.1 Å². The largest absolute Gasteiger partial charge is 0.444 e. The molecule has 0 spiro atoms. The standard InChI is InChI=1S/C11H12BrNO2/c1-3-5-8(4-2)13-11(14)9-6-7-10(12)15-9/h2,6-8H,3,5H2,1H3,(H,13,14). The molecule has 1 heterocycles. The van der Waals surface area contributed by atoms with Crippen LogP contribution in [0.5, 0.6) is 0 Å². The molecule has 0 aliphatic rings. The number of hydrogen-bond acceptors (Lipinski definition) is 2. The van der Waals surface area contributed by atoms with E-state index in [4.69, 9.17) is 10.8 Å². The zero-order valence-electron chi connectivity index (χ0n) is 8.42. The second kappa shape index (κ2) is 5.62. The van der Waals surface area contributed by atoms with Gasteiger partial charge in [-0.05, 0) is 34.5 Å². The highest BCUT2D eigenvalue weighted by Gasteiger charge is 2.13. The second-order valence-corrected chi connectivity index (χ2v) is 3.87. The van der Waals surface area contributed by atoms with Crippen LogP contribution in [0.25, 0.3) is 0 Å². The van der Waals surface area contributed by atoms with E-state index in [0.717, 1.165) is 12.8 Å². The van der Waals surface area contributed by atoms with E-state index in [2.05, 4.69) is 27.2 Å². The predicted octanol–water partition coefficient (Wildman–Crippen LogP) is 2.57. The summed E-state index contributed by atoms with van der Waals surface area (Å²) in [5.41, 5.74) is 0. The van der Waals surface area contributed by atoms with Gasteiger partial charge >= 0.3 is 0 Å². The van der Waals surface area contributed by atoms with Gasteiger partial charge in [-0.25, -0.2) is 0 Å². The Morgan fingerprint density at radius 3 is 2.93 bits per heavy atom. The molecule has 0 bridgehead atoms. The fourth-order valence-electron chi connectivity index (χ4n) is 1.15. The summed E-state index contributed by atoms with van der Waals surface area (Å²) >= 11 is 3.13. The van der Waals surface area contributed by atoms with Crippen LogP contribution in [0.2, 0.25) is 0 Å². The summed E-state index contributed by atoms with van der Waals surface area (Å²) in [6.45, 7) is 2.01. The van der Waals surface area contributed by atoms with Crippen molar-refractivity contribution in [1.29, 1.82) is 0 Å². The van der Waals surface area contributed by atoms with Crippen molar-refractivity contribution in [2.24, 2.45) is 0 Å². The average molecular weight is 270 g/mol. The number of carbonyl (C=O) groups is 1. The van der Waals surface area contributed by atoms with Crippen LogP contribution in [0.15, 0.2) is 21.2 Å². The van der Waals surface area contributed by atoms with E-state index < -0.39 is 0 Å². The van der Waals surface area contributed by atoms with Gasteiger partial charge < -0.3 is 9.73 Å². The summed E-state index contributed by atoms with van der Waals surface area (Å²) in [4.78, 5) is 11.6. The third kappa shape index (κ3) is 3.45. The van der Waals surface area contributed by atoms with Gasteiger partial charge in [0.1, 0.15) is 0 Å². The zero-order chi connectivity index (χ0) is 11.3. The molecule has 1 aromatic rings. The van der Waals surface area contributed by atoms with Crippen molar-refractivity contribution in [3.05, 3.63) is 22.6 Å². The van der Waals surface area contributed by atoms with E-state index in [9.17, 15) is 4.79 Å². The Bertz CT molecular complexity index is 378. The average Bonchev–Trinajstić information content (AvgIpc) is 2.64. The molecule has 80 valence electrons. The number of terminal acetylenes is 1. The lowest BCUT2D eigenvalue weighted by atomic mass is 10.2. The Labute approximate surface area is 97.4 Å². The molecule has 0 aliphatic heterocycles. The van der Waals surface area contributed by atoms with Crippen LogP contribution in [0.4, 0.5) is 0 Å². The van der Waals surface area contributed by atoms with Gasteiger partial charge in [-0.15, -0.1) is 6.42 Å². The highest BCUT2D eigenvalue weighted by Crippen LogP contribution is 2.14. The van der Waals surface area contributed by atoms with Crippen molar-refractivity contribution in [2.45, 2.75) is 25.8 Å². The van der Waals surface area contributed by atoms with Crippen LogP contribution >= 0.6 is 15.9 Å². The minimum absolute atomic E-state index is 0.230. The SMILES string of the molecule is C#CC(CCC)NC(=O)c1ccc(Br)o1. The lowest BCUT2D eigenvalue weighted by Gasteiger charge is -2.10. The molecule has 0 saturated heterocycles. The third-order valence-corrected chi connectivity index (χ3v) is 2.31. The molecule has 1 N–H and O–H groups in total. The van der Waals surface area contributed by atoms with Gasteiger partial charge in [-0.2, -0.15) is 0 Å². The molecule has 0 aromatic carbocycles. The molecule has 1 atom stereocenters. The van der Waals surface area contributed by atoms with Gasteiger partial charge in [0.25, 0.3) is 5.91 Å². The maximum absolute atomic E-state index is 11.6. The highest BCUT2D eigenvalue weighted by molar-refractivity contribution is 9.10. The van der Waals surface area contributed by atoms with Crippen molar-refractivity contribution in [2.75, 3.05) is 0 Å². The molecule has 4 heteroatoms. The summed E-state index contributed by atoms with van der Waals surface area (Å²) in [6.07, 6.45) is 6.98. The minimum atomic E-state index is -0.280. The minimum Gasteiger partial charge on any atom is -0.444 e. The van der Waals surface area contributed by atoms with E-state index in [-0.39, 0.29) is 17.7 Å². The molecule has 0 fully saturated rings. The summed E-state index contributed by atoms with van der Waals surface area (Å²) < 4.78 is 5.63. The first-order valence-corrected chi connectivity index (χ1v) is 5.49. The van der Waals surface area contributed by atoms with Crippen molar-refractivity contribution in [3.63, 3.8) is 0 Å². The second-order valence-electron chi connectivity index (χ2n) is 3.09. The zero-order valence-corrected chi connectivity index (χ0v) is 10.0. The molecule has 3 nitrogen and oxygen atoms in total. The maximum atomic E-state index is 11.6. The number of halogens is 1. The van der Waals surface area contributed by atoms with Gasteiger partial charge in [-0.3, -0.25) is 4.79 Å². The Morgan fingerprint density at radius 1 is 1.73 bits per heavy atom. The van der Waals surface area contributed by atoms with Crippen LogP contribution in [0.3, 0.4) is 0 Å². The van der Waals surface area contributed by atoms with E-state index in [1.807, 2.05) is 6.92 Å². The van der Waals surface area contributed by atoms with E-state index in [0.29, 0.717) is 4.67 Å². The van der Waals surface area contributed by atoms with Crippen LogP contribution in [-0.4, -0.2) is 11.9 Å². The number of rotatable bonds is 4. The lowest BCUT2D eigenvalue weighted by Crippen LogP contribution is -2.33. The lowest BCUT2D eigenvalue weighted by molar-refractivity contribution is 0.0915. The number of amides is 1. The molecule has 1 unspecified atom stereocenters. The Hall–Kier alpha value is -1.21. The third-order valence-electron chi connectivity index (χ3n) is 1.88. The molecule has 15 heavy (non-hydrogen) atoms. The van der Waals surface area contributed by atoms with Crippen molar-refractivity contribution < 1.29 is 9.21 Å². The van der Waals surface area contributed by atoms with Gasteiger partial charge in [0.05, 0.1) is 6.04 Å². The molecular weight excluding hydrogens is 258 g/mol. The number of hydrogen-bond donors (Lipinski definition) is 1. The summed E-state index contributed by atoms with van der Waals surface area (Å²) in [5, 5.41) is 2.71. The quantitative estimate of drug-likeness (QED) is 0.854. The molecule has 1 amide bonds. The van der Waals surface area contributed by atoms with Gasteiger partial charge in [0.2, 0.25) is 0 Å². The van der Waals surface area contributed by atoms with Crippen molar-refractivity contribution in [3.8, 4) is 12.3 Å². The Balaban J connectivity index is 2.59. The van der Waals surface area contributed by atoms with Crippen LogP contribution in [0, 0.1) is 12.3 Å². The van der Waals surface area contributed by atoms with Gasteiger partial charge in [0, 0.05) is 0 Å². The predicted molar refractivity (Wildman–Crippen MR) is 61.4 cm³/mol. The van der Waals surface area contributed by atoms with E-state index in [1.165, 1.54) is 0 Å². The first-order chi connectivity index (χ1) is 7.17. The molecule has 1 aromatic heterocycles. The highest BCUT2D eigenvalue weighted by atomic mass is 79.9. The molecule has 1 rings (SSSR count). The fourth-order valence-corrected chi connectivity index (χ4v) is 1.46. The van der Waals surface area contributed by atoms with Crippen LogP contribution in [-0.2, 0) is 0 Å². The molecule has 0 saturated carbocycles. The number of nitrogens with one attached hydrogen (secondary N) is 1. The normalized spacial score (nSPS) is 11.8. The summed E-state index contributed by atoms with van der Waals surface area (Å²) in [5.74, 6) is 2.51. The summed E-state index contributed by atoms with van der Waals surface area (Å²) in [6, 6.07) is 3.03. The monoisotopic (exact) mass is 269 g/mol. The molecule has 0 radical (unpaired) electrons. The van der Waals surface area contributed by atoms with Crippen LogP contribution in [0.1, 0.15) is 30.3 Å². The molecule has 0 aliphatic carbocycles. The van der Waals surface area contributed by atoms with Crippen LogP contribution < -0.4 is 5.32 Å². The van der Waals surface area contributed by atoms with Crippen molar-refractivity contribution >= 4 is 21.8 Å². The van der Waals surface area contributed by atoms with E-state index >= 15 is 0 Å². The van der Waals surface area contributed by atoms with Gasteiger partial charge in [0.15, 0.2) is 10.4 Å². The Kier molecular flexibility index (Phi) is 4.44. The fraction of sp³-hybridized carbons (Fsp3) is 0.364. The maximum Gasteiger partial charge on any atom is 0.288 e. The molecular formula is C11H12BrNO2. The van der Waals surface area contributed by atoms with Crippen molar-refractivity contribution in [1.82, 2.24) is 5.32 Å². The topological polar surface area (TPSA) is 42.2 Å².